The Morgan fingerprint density at radius 3 is 2.11 bits per heavy atom. The number of aryl methyl sites for hydroxylation is 1. The SMILES string of the molecule is Cn1cc(C(=O)N[C@@H](c2ccc(OC(F)(F)F)cc2)c2ncccc2F)ccc1=O.O=C(O)C(F)(F)F. The molecule has 1 atom stereocenters. The Morgan fingerprint density at radius 2 is 1.62 bits per heavy atom. The van der Waals surface area contributed by atoms with Gasteiger partial charge in [-0.25, -0.2) is 9.18 Å². The van der Waals surface area contributed by atoms with Gasteiger partial charge in [0.05, 0.1) is 11.6 Å². The number of rotatable bonds is 5. The summed E-state index contributed by atoms with van der Waals surface area (Å²) in [5.74, 6) is -4.56. The second-order valence-corrected chi connectivity index (χ2v) is 7.06. The fourth-order valence-corrected chi connectivity index (χ4v) is 2.72. The third-order valence-electron chi connectivity index (χ3n) is 4.37. The molecular formula is C22H16F7N3O5. The molecule has 0 radical (unpaired) electrons. The maximum absolute atomic E-state index is 14.4. The molecule has 0 saturated heterocycles. The summed E-state index contributed by atoms with van der Waals surface area (Å²) in [7, 11) is 1.47. The summed E-state index contributed by atoms with van der Waals surface area (Å²) in [6, 6.07) is 8.56. The van der Waals surface area contributed by atoms with Gasteiger partial charge in [-0.05, 0) is 35.9 Å². The fourth-order valence-electron chi connectivity index (χ4n) is 2.72. The van der Waals surface area contributed by atoms with Crippen LogP contribution in [0.15, 0.2) is 65.7 Å². The Bertz CT molecular complexity index is 1310. The quantitative estimate of drug-likeness (QED) is 0.479. The molecule has 0 fully saturated rings. The molecule has 0 spiro atoms. The molecular weight excluding hydrogens is 519 g/mol. The molecule has 198 valence electrons. The molecule has 3 aromatic rings. The lowest BCUT2D eigenvalue weighted by atomic mass is 10.0. The highest BCUT2D eigenvalue weighted by molar-refractivity contribution is 5.94. The predicted octanol–water partition coefficient (Wildman–Crippen LogP) is 3.97. The maximum atomic E-state index is 14.4. The van der Waals surface area contributed by atoms with Gasteiger partial charge in [-0.15, -0.1) is 13.2 Å². The van der Waals surface area contributed by atoms with Crippen molar-refractivity contribution in [1.82, 2.24) is 14.9 Å². The van der Waals surface area contributed by atoms with Crippen LogP contribution in [0.4, 0.5) is 30.7 Å². The zero-order valence-corrected chi connectivity index (χ0v) is 18.5. The van der Waals surface area contributed by atoms with Crippen molar-refractivity contribution in [3.8, 4) is 5.75 Å². The van der Waals surface area contributed by atoms with Crippen molar-refractivity contribution >= 4 is 11.9 Å². The number of carbonyl (C=O) groups excluding carboxylic acids is 1. The Morgan fingerprint density at radius 1 is 1.03 bits per heavy atom. The van der Waals surface area contributed by atoms with Gasteiger partial charge in [0.15, 0.2) is 0 Å². The van der Waals surface area contributed by atoms with Gasteiger partial charge in [0, 0.05) is 25.5 Å². The lowest BCUT2D eigenvalue weighted by Crippen LogP contribution is -2.31. The van der Waals surface area contributed by atoms with Crippen LogP contribution in [-0.2, 0) is 11.8 Å². The van der Waals surface area contributed by atoms with Crippen LogP contribution in [0.5, 0.6) is 5.75 Å². The second-order valence-electron chi connectivity index (χ2n) is 7.06. The van der Waals surface area contributed by atoms with Crippen LogP contribution in [0.25, 0.3) is 0 Å². The molecule has 1 amide bonds. The number of amides is 1. The maximum Gasteiger partial charge on any atom is 0.573 e. The Kier molecular flexibility index (Phi) is 8.98. The molecule has 37 heavy (non-hydrogen) atoms. The van der Waals surface area contributed by atoms with Gasteiger partial charge in [-0.2, -0.15) is 13.2 Å². The van der Waals surface area contributed by atoms with E-state index >= 15 is 0 Å². The first-order valence-electron chi connectivity index (χ1n) is 9.82. The Labute approximate surface area is 202 Å². The fraction of sp³-hybridized carbons (Fsp3) is 0.182. The van der Waals surface area contributed by atoms with Crippen LogP contribution >= 0.6 is 0 Å². The van der Waals surface area contributed by atoms with Gasteiger partial charge in [0.2, 0.25) is 5.56 Å². The molecule has 2 heterocycles. The van der Waals surface area contributed by atoms with Crippen LogP contribution in [0.3, 0.4) is 0 Å². The minimum Gasteiger partial charge on any atom is -0.475 e. The minimum absolute atomic E-state index is 0.125. The summed E-state index contributed by atoms with van der Waals surface area (Å²) in [4.78, 5) is 37.1. The monoisotopic (exact) mass is 535 g/mol. The number of hydrogen-bond acceptors (Lipinski definition) is 5. The zero-order chi connectivity index (χ0) is 28.0. The summed E-state index contributed by atoms with van der Waals surface area (Å²) in [5, 5.41) is 9.73. The number of benzene rings is 1. The number of ether oxygens (including phenoxy) is 1. The molecule has 3 rings (SSSR count). The molecule has 8 nitrogen and oxygen atoms in total. The number of aromatic nitrogens is 2. The van der Waals surface area contributed by atoms with E-state index in [0.29, 0.717) is 0 Å². The van der Waals surface area contributed by atoms with Crippen molar-refractivity contribution in [3.05, 3.63) is 93.9 Å². The normalized spacial score (nSPS) is 12.1. The highest BCUT2D eigenvalue weighted by Crippen LogP contribution is 2.27. The van der Waals surface area contributed by atoms with Crippen molar-refractivity contribution in [3.63, 3.8) is 0 Å². The zero-order valence-electron chi connectivity index (χ0n) is 18.5. The number of alkyl halides is 6. The van der Waals surface area contributed by atoms with E-state index in [0.717, 1.165) is 18.2 Å². The van der Waals surface area contributed by atoms with Gasteiger partial charge in [0.25, 0.3) is 5.91 Å². The number of nitrogens with zero attached hydrogens (tertiary/aromatic N) is 2. The van der Waals surface area contributed by atoms with Crippen molar-refractivity contribution in [2.24, 2.45) is 7.05 Å². The van der Waals surface area contributed by atoms with E-state index < -0.39 is 42.0 Å². The van der Waals surface area contributed by atoms with E-state index in [9.17, 15) is 40.3 Å². The third kappa shape index (κ3) is 8.63. The largest absolute Gasteiger partial charge is 0.573 e. The molecule has 0 unspecified atom stereocenters. The second kappa shape index (κ2) is 11.5. The number of carbonyl (C=O) groups is 2. The topological polar surface area (TPSA) is 111 Å². The molecule has 0 bridgehead atoms. The standard InChI is InChI=1S/C20H15F4N3O3.C2HF3O2/c1-27-11-13(6-9-16(27)28)19(29)26-17(18-15(21)3-2-10-25-18)12-4-7-14(8-5-12)30-20(22,23)24;3-2(4,5)1(6)7/h2-11,17H,1H3,(H,26,29);(H,6,7)/t17-;/m0./s1. The molecule has 0 aliphatic heterocycles. The summed E-state index contributed by atoms with van der Waals surface area (Å²) >= 11 is 0. The van der Waals surface area contributed by atoms with Gasteiger partial charge >= 0.3 is 18.5 Å². The summed E-state index contributed by atoms with van der Waals surface area (Å²) < 4.78 is 88.3. The van der Waals surface area contributed by atoms with Crippen molar-refractivity contribution in [1.29, 1.82) is 0 Å². The minimum atomic E-state index is -5.08. The number of aliphatic carboxylic acids is 1. The van der Waals surface area contributed by atoms with Crippen LogP contribution in [0.2, 0.25) is 0 Å². The van der Waals surface area contributed by atoms with Gasteiger partial charge in [-0.3, -0.25) is 14.6 Å². The van der Waals surface area contributed by atoms with Gasteiger partial charge < -0.3 is 19.7 Å². The first-order valence-corrected chi connectivity index (χ1v) is 9.82. The average molecular weight is 535 g/mol. The third-order valence-corrected chi connectivity index (χ3v) is 4.37. The number of halogens is 7. The van der Waals surface area contributed by atoms with Crippen LogP contribution in [0, 0.1) is 5.82 Å². The van der Waals surface area contributed by atoms with Crippen molar-refractivity contribution in [2.75, 3.05) is 0 Å². The van der Waals surface area contributed by atoms with Crippen LogP contribution < -0.4 is 15.6 Å². The number of carboxylic acid groups (broad SMARTS) is 1. The van der Waals surface area contributed by atoms with Crippen molar-refractivity contribution in [2.45, 2.75) is 18.6 Å². The summed E-state index contributed by atoms with van der Waals surface area (Å²) in [6.07, 6.45) is -7.31. The predicted molar refractivity (Wildman–Crippen MR) is 112 cm³/mol. The van der Waals surface area contributed by atoms with E-state index in [4.69, 9.17) is 9.90 Å². The molecule has 0 aliphatic carbocycles. The Hall–Kier alpha value is -4.43. The number of hydrogen-bond donors (Lipinski definition) is 2. The number of pyridine rings is 2. The summed E-state index contributed by atoms with van der Waals surface area (Å²) in [6.45, 7) is 0. The van der Waals surface area contributed by atoms with E-state index in [1.54, 1.807) is 0 Å². The van der Waals surface area contributed by atoms with Crippen LogP contribution in [0.1, 0.15) is 27.7 Å². The first kappa shape index (κ1) is 28.8. The number of carboxylic acids is 1. The van der Waals surface area contributed by atoms with Gasteiger partial charge in [0.1, 0.15) is 17.3 Å². The lowest BCUT2D eigenvalue weighted by Gasteiger charge is -2.20. The van der Waals surface area contributed by atoms with Crippen LogP contribution in [-0.4, -0.2) is 39.1 Å². The molecule has 15 heteroatoms. The molecule has 0 saturated carbocycles. The van der Waals surface area contributed by atoms with E-state index in [1.807, 2.05) is 0 Å². The van der Waals surface area contributed by atoms with E-state index in [1.165, 1.54) is 54.3 Å². The smallest absolute Gasteiger partial charge is 0.475 e. The molecule has 0 aliphatic rings. The number of nitrogens with one attached hydrogen (secondary N) is 1. The summed E-state index contributed by atoms with van der Waals surface area (Å²) in [5.41, 5.74) is -0.0324. The first-order chi connectivity index (χ1) is 17.1. The van der Waals surface area contributed by atoms with E-state index in [-0.39, 0.29) is 22.4 Å². The van der Waals surface area contributed by atoms with Crippen molar-refractivity contribution < 1.29 is 50.2 Å². The lowest BCUT2D eigenvalue weighted by molar-refractivity contribution is -0.274. The highest BCUT2D eigenvalue weighted by Gasteiger charge is 2.38. The van der Waals surface area contributed by atoms with E-state index in [2.05, 4.69) is 15.0 Å². The highest BCUT2D eigenvalue weighted by atomic mass is 19.4. The molecule has 2 N–H and O–H groups in total. The molecule has 2 aromatic heterocycles. The van der Waals surface area contributed by atoms with Gasteiger partial charge in [-0.1, -0.05) is 12.1 Å². The Balaban J connectivity index is 0.000000604. The average Bonchev–Trinajstić information content (AvgIpc) is 2.79. The molecule has 1 aromatic carbocycles.